The first-order chi connectivity index (χ1) is 30.9. The van der Waals surface area contributed by atoms with Crippen molar-refractivity contribution in [1.82, 2.24) is 0 Å². The number of nitriles is 2. The molecule has 4 heterocycles. The number of hydrogen-bond donors (Lipinski definition) is 2. The Labute approximate surface area is 385 Å². The highest BCUT2D eigenvalue weighted by Crippen LogP contribution is 2.52. The highest BCUT2D eigenvalue weighted by Gasteiger charge is 2.36. The third kappa shape index (κ3) is 7.96. The SMILES string of the molecule is COc1ccc2c(c1)C(C)(C)c1cc(N(c3ccc(-c4ccc(/C=C(\C#N)c5ccc(C(=O)O)s5)s4)cc3)c3ccc(-c4ccc(/C=C(\C#N)c5ccc(C(=O)O)s5)s4)cc3)ccc1-2. The Bertz CT molecular complexity index is 3110. The van der Waals surface area contributed by atoms with Crippen LogP contribution in [0.5, 0.6) is 5.75 Å². The van der Waals surface area contributed by atoms with Gasteiger partial charge in [-0.15, -0.1) is 45.3 Å². The van der Waals surface area contributed by atoms with E-state index in [1.165, 1.54) is 34.4 Å². The molecule has 312 valence electrons. The van der Waals surface area contributed by atoms with E-state index in [0.29, 0.717) is 20.9 Å². The van der Waals surface area contributed by atoms with E-state index in [2.05, 4.69) is 110 Å². The molecule has 12 heteroatoms. The van der Waals surface area contributed by atoms with Gasteiger partial charge in [0.05, 0.1) is 18.3 Å². The van der Waals surface area contributed by atoms with E-state index >= 15 is 0 Å². The van der Waals surface area contributed by atoms with Gasteiger partial charge < -0.3 is 19.8 Å². The Kier molecular flexibility index (Phi) is 11.2. The Hall–Kier alpha value is -7.32. The molecular formula is C52H35N3O5S4. The van der Waals surface area contributed by atoms with Gasteiger partial charge in [-0.2, -0.15) is 10.5 Å². The normalized spacial score (nSPS) is 12.8. The molecule has 64 heavy (non-hydrogen) atoms. The van der Waals surface area contributed by atoms with Gasteiger partial charge in [-0.1, -0.05) is 50.2 Å². The van der Waals surface area contributed by atoms with Crippen LogP contribution in [0.1, 0.15) is 63.8 Å². The lowest BCUT2D eigenvalue weighted by Gasteiger charge is -2.28. The van der Waals surface area contributed by atoms with Crippen molar-refractivity contribution in [3.8, 4) is 49.9 Å². The van der Waals surface area contributed by atoms with Crippen LogP contribution in [0.4, 0.5) is 17.1 Å². The number of nitrogens with zero attached hydrogens (tertiary/aromatic N) is 3. The fourth-order valence-electron chi connectivity index (χ4n) is 7.94. The van der Waals surface area contributed by atoms with Crippen molar-refractivity contribution in [1.29, 1.82) is 10.5 Å². The van der Waals surface area contributed by atoms with Gasteiger partial charge in [0.1, 0.15) is 27.6 Å². The van der Waals surface area contributed by atoms with Gasteiger partial charge in [0, 0.05) is 51.7 Å². The maximum Gasteiger partial charge on any atom is 0.345 e. The van der Waals surface area contributed by atoms with E-state index in [1.54, 1.807) is 54.1 Å². The zero-order valence-electron chi connectivity index (χ0n) is 34.5. The Morgan fingerprint density at radius 2 is 1.00 bits per heavy atom. The lowest BCUT2D eigenvalue weighted by Crippen LogP contribution is -2.16. The fourth-order valence-corrected chi connectivity index (χ4v) is 11.5. The van der Waals surface area contributed by atoms with Crippen molar-refractivity contribution in [3.63, 3.8) is 0 Å². The van der Waals surface area contributed by atoms with Crippen LogP contribution in [0.15, 0.2) is 133 Å². The summed E-state index contributed by atoms with van der Waals surface area (Å²) in [5.74, 6) is -1.20. The highest BCUT2D eigenvalue weighted by molar-refractivity contribution is 7.17. The molecule has 0 unspecified atom stereocenters. The van der Waals surface area contributed by atoms with Gasteiger partial charge >= 0.3 is 11.9 Å². The van der Waals surface area contributed by atoms with E-state index in [0.717, 1.165) is 76.1 Å². The second kappa shape index (κ2) is 17.1. The van der Waals surface area contributed by atoms with Gasteiger partial charge in [0.15, 0.2) is 0 Å². The molecule has 4 aromatic heterocycles. The van der Waals surface area contributed by atoms with Crippen LogP contribution in [0, 0.1) is 22.7 Å². The van der Waals surface area contributed by atoms with E-state index in [4.69, 9.17) is 4.74 Å². The Balaban J connectivity index is 1.05. The number of anilines is 3. The van der Waals surface area contributed by atoms with Crippen molar-refractivity contribution < 1.29 is 24.5 Å². The number of benzene rings is 4. The van der Waals surface area contributed by atoms with Crippen molar-refractivity contribution >= 4 is 97.6 Å². The molecule has 0 saturated carbocycles. The minimum atomic E-state index is -1.01. The lowest BCUT2D eigenvalue weighted by atomic mass is 9.82. The largest absolute Gasteiger partial charge is 0.497 e. The van der Waals surface area contributed by atoms with Crippen LogP contribution >= 0.6 is 45.3 Å². The van der Waals surface area contributed by atoms with Crippen LogP contribution in [-0.4, -0.2) is 29.3 Å². The Morgan fingerprint density at radius 1 is 0.562 bits per heavy atom. The third-order valence-electron chi connectivity index (χ3n) is 11.2. The number of allylic oxidation sites excluding steroid dienone is 2. The summed E-state index contributed by atoms with van der Waals surface area (Å²) in [4.78, 5) is 30.6. The van der Waals surface area contributed by atoms with Gasteiger partial charge in [-0.3, -0.25) is 0 Å². The van der Waals surface area contributed by atoms with E-state index < -0.39 is 11.9 Å². The molecule has 0 radical (unpaired) electrons. The van der Waals surface area contributed by atoms with E-state index in [-0.39, 0.29) is 15.2 Å². The van der Waals surface area contributed by atoms with Gasteiger partial charge in [-0.05, 0) is 143 Å². The summed E-state index contributed by atoms with van der Waals surface area (Å²) in [5.41, 5.74) is 10.4. The first-order valence-electron chi connectivity index (χ1n) is 19.9. The molecule has 0 amide bonds. The number of carboxylic acids is 2. The number of fused-ring (bicyclic) bond motifs is 3. The maximum atomic E-state index is 11.4. The molecule has 2 N–H and O–H groups in total. The molecule has 9 rings (SSSR count). The van der Waals surface area contributed by atoms with Crippen molar-refractivity contribution in [3.05, 3.63) is 174 Å². The first-order valence-corrected chi connectivity index (χ1v) is 23.2. The molecule has 0 atom stereocenters. The quantitative estimate of drug-likeness (QED) is 0.116. The lowest BCUT2D eigenvalue weighted by molar-refractivity contribution is 0.0691. The molecule has 8 nitrogen and oxygen atoms in total. The second-order valence-corrected chi connectivity index (χ2v) is 19.8. The molecule has 0 fully saturated rings. The number of ether oxygens (including phenoxy) is 1. The summed E-state index contributed by atoms with van der Waals surface area (Å²) in [6.07, 6.45) is 3.60. The number of aromatic carboxylic acids is 2. The third-order valence-corrected chi connectivity index (χ3v) is 15.6. The minimum Gasteiger partial charge on any atom is -0.497 e. The smallest absolute Gasteiger partial charge is 0.345 e. The van der Waals surface area contributed by atoms with Crippen LogP contribution in [0.3, 0.4) is 0 Å². The zero-order valence-corrected chi connectivity index (χ0v) is 37.7. The molecule has 0 spiro atoms. The van der Waals surface area contributed by atoms with Crippen molar-refractivity contribution in [2.75, 3.05) is 12.0 Å². The second-order valence-electron chi connectivity index (χ2n) is 15.4. The van der Waals surface area contributed by atoms with Crippen LogP contribution in [0.2, 0.25) is 0 Å². The van der Waals surface area contributed by atoms with Crippen molar-refractivity contribution in [2.24, 2.45) is 0 Å². The number of rotatable bonds is 12. The summed E-state index contributed by atoms with van der Waals surface area (Å²) in [5, 5.41) is 38.5. The maximum absolute atomic E-state index is 11.4. The standard InChI is InChI=1S/C52H35N3O5S4/c1-52(2)42-26-36(12-16-40(42)41-17-13-37(60-3)27-43(41)52)55(34-8-4-30(5-9-34)44-18-14-38(61-44)24-32(28-53)46-20-22-48(63-46)50(56)57)35-10-6-31(7-11-35)45-19-15-39(62-45)25-33(29-54)47-21-23-49(64-47)51(58)59/h4-27H,1-3H3,(H,56,57)(H,58,59)/b32-24+,33-25+. The van der Waals surface area contributed by atoms with Gasteiger partial charge in [0.25, 0.3) is 0 Å². The monoisotopic (exact) mass is 909 g/mol. The topological polar surface area (TPSA) is 135 Å². The number of carboxylic acid groups (broad SMARTS) is 2. The number of thiophene rings is 4. The molecule has 1 aliphatic carbocycles. The van der Waals surface area contributed by atoms with Crippen LogP contribution in [-0.2, 0) is 5.41 Å². The average molecular weight is 910 g/mol. The molecule has 0 aliphatic heterocycles. The summed E-state index contributed by atoms with van der Waals surface area (Å²) in [7, 11) is 1.69. The number of methoxy groups -OCH3 is 1. The zero-order chi connectivity index (χ0) is 44.7. The van der Waals surface area contributed by atoms with E-state index in [1.807, 2.05) is 30.3 Å². The highest BCUT2D eigenvalue weighted by atomic mass is 32.1. The predicted molar refractivity (Wildman–Crippen MR) is 261 cm³/mol. The molecule has 4 aromatic carbocycles. The summed E-state index contributed by atoms with van der Waals surface area (Å²) < 4.78 is 5.62. The van der Waals surface area contributed by atoms with Gasteiger partial charge in [-0.25, -0.2) is 9.59 Å². The first kappa shape index (κ1) is 42.0. The molecular weight excluding hydrogens is 875 g/mol. The summed E-state index contributed by atoms with van der Waals surface area (Å²) >= 11 is 5.29. The number of hydrogen-bond acceptors (Lipinski definition) is 10. The average Bonchev–Trinajstić information content (AvgIpc) is 4.17. The molecule has 8 aromatic rings. The van der Waals surface area contributed by atoms with Crippen LogP contribution < -0.4 is 9.64 Å². The number of carbonyl (C=O) groups is 2. The minimum absolute atomic E-state index is 0.189. The van der Waals surface area contributed by atoms with Gasteiger partial charge in [0.2, 0.25) is 0 Å². The molecule has 1 aliphatic rings. The predicted octanol–water partition coefficient (Wildman–Crippen LogP) is 14.6. The fraction of sp³-hybridized carbons (Fsp3) is 0.0769. The molecule has 0 bridgehead atoms. The van der Waals surface area contributed by atoms with Crippen LogP contribution in [0.25, 0.3) is 55.3 Å². The Morgan fingerprint density at radius 3 is 1.44 bits per heavy atom. The summed E-state index contributed by atoms with van der Waals surface area (Å²) in [6.45, 7) is 4.51. The molecule has 0 saturated heterocycles. The van der Waals surface area contributed by atoms with E-state index in [9.17, 15) is 30.3 Å². The van der Waals surface area contributed by atoms with Crippen molar-refractivity contribution in [2.45, 2.75) is 19.3 Å². The summed E-state index contributed by atoms with van der Waals surface area (Å²) in [6, 6.07) is 48.7.